The predicted octanol–water partition coefficient (Wildman–Crippen LogP) is 1.29. The Labute approximate surface area is 124 Å². The van der Waals surface area contributed by atoms with Crippen LogP contribution in [0.5, 0.6) is 5.75 Å². The molecule has 5 N–H and O–H groups in total. The normalized spacial score (nSPS) is 18.6. The summed E-state index contributed by atoms with van der Waals surface area (Å²) in [5.41, 5.74) is 11.9. The summed E-state index contributed by atoms with van der Waals surface area (Å²) in [5.74, 6) is 7.04. The number of nitrogen functional groups attached to an aromatic ring is 1. The van der Waals surface area contributed by atoms with Crippen LogP contribution in [0.25, 0.3) is 0 Å². The molecule has 0 aliphatic carbocycles. The molecule has 5 heteroatoms. The van der Waals surface area contributed by atoms with Crippen LogP contribution in [0.3, 0.4) is 0 Å². The van der Waals surface area contributed by atoms with Gasteiger partial charge in [-0.05, 0) is 36.1 Å². The first-order valence-electron chi connectivity index (χ1n) is 7.13. The largest absolute Gasteiger partial charge is 0.493 e. The third-order valence-corrected chi connectivity index (χ3v) is 4.07. The first kappa shape index (κ1) is 13.9. The number of hydrogen-bond acceptors (Lipinski definition) is 5. The van der Waals surface area contributed by atoms with Crippen molar-refractivity contribution >= 4 is 5.69 Å². The van der Waals surface area contributed by atoms with Gasteiger partial charge in [-0.25, -0.2) is 0 Å². The molecule has 0 amide bonds. The Morgan fingerprint density at radius 1 is 1.33 bits per heavy atom. The fraction of sp³-hybridized carbons (Fsp3) is 0.312. The summed E-state index contributed by atoms with van der Waals surface area (Å²) in [4.78, 5) is 4.13. The Hall–Kier alpha value is -2.11. The van der Waals surface area contributed by atoms with Gasteiger partial charge in [0.15, 0.2) is 0 Å². The highest BCUT2D eigenvalue weighted by atomic mass is 16.5. The van der Waals surface area contributed by atoms with Crippen molar-refractivity contribution in [3.8, 4) is 5.75 Å². The van der Waals surface area contributed by atoms with Crippen molar-refractivity contribution in [2.75, 3.05) is 12.3 Å². The van der Waals surface area contributed by atoms with E-state index in [1.165, 1.54) is 5.56 Å². The highest BCUT2D eigenvalue weighted by Crippen LogP contribution is 2.29. The fourth-order valence-electron chi connectivity index (χ4n) is 2.82. The molecule has 2 atom stereocenters. The molecular weight excluding hydrogens is 264 g/mol. The van der Waals surface area contributed by atoms with Crippen molar-refractivity contribution in [3.63, 3.8) is 0 Å². The van der Waals surface area contributed by atoms with Crippen molar-refractivity contribution in [3.05, 3.63) is 53.9 Å². The van der Waals surface area contributed by atoms with Gasteiger partial charge in [0, 0.05) is 30.0 Å². The van der Waals surface area contributed by atoms with E-state index in [0.717, 1.165) is 29.8 Å². The Morgan fingerprint density at radius 3 is 3.00 bits per heavy atom. The summed E-state index contributed by atoms with van der Waals surface area (Å²) in [6.07, 6.45) is 5.19. The topological polar surface area (TPSA) is 86.2 Å². The molecule has 1 aromatic heterocycles. The number of nitrogens with two attached hydrogens (primary N) is 2. The average Bonchev–Trinajstić information content (AvgIpc) is 2.54. The maximum absolute atomic E-state index is 5.99. The van der Waals surface area contributed by atoms with Crippen LogP contribution in [-0.2, 0) is 12.8 Å². The molecule has 0 saturated carbocycles. The van der Waals surface area contributed by atoms with Gasteiger partial charge in [0.2, 0.25) is 0 Å². The molecule has 2 heterocycles. The van der Waals surface area contributed by atoms with E-state index >= 15 is 0 Å². The van der Waals surface area contributed by atoms with Gasteiger partial charge in [0.1, 0.15) is 5.75 Å². The van der Waals surface area contributed by atoms with Gasteiger partial charge in [-0.3, -0.25) is 16.3 Å². The van der Waals surface area contributed by atoms with Crippen LogP contribution in [0.4, 0.5) is 5.69 Å². The van der Waals surface area contributed by atoms with Crippen molar-refractivity contribution in [1.82, 2.24) is 10.4 Å². The number of aromatic nitrogens is 1. The summed E-state index contributed by atoms with van der Waals surface area (Å²) in [7, 11) is 0. The van der Waals surface area contributed by atoms with E-state index in [0.29, 0.717) is 12.5 Å². The van der Waals surface area contributed by atoms with Gasteiger partial charge < -0.3 is 10.5 Å². The second-order valence-corrected chi connectivity index (χ2v) is 5.43. The second-order valence-electron chi connectivity index (χ2n) is 5.43. The molecule has 0 bridgehead atoms. The van der Waals surface area contributed by atoms with Crippen molar-refractivity contribution in [1.29, 1.82) is 0 Å². The molecule has 21 heavy (non-hydrogen) atoms. The number of anilines is 1. The van der Waals surface area contributed by atoms with E-state index < -0.39 is 0 Å². The molecule has 2 unspecified atom stereocenters. The Kier molecular flexibility index (Phi) is 4.03. The highest BCUT2D eigenvalue weighted by molar-refractivity contribution is 5.45. The lowest BCUT2D eigenvalue weighted by Gasteiger charge is -2.31. The van der Waals surface area contributed by atoms with Crippen LogP contribution in [0.15, 0.2) is 42.7 Å². The third-order valence-electron chi connectivity index (χ3n) is 4.07. The van der Waals surface area contributed by atoms with Gasteiger partial charge in [-0.15, -0.1) is 0 Å². The molecule has 2 aromatic rings. The molecule has 0 radical (unpaired) electrons. The van der Waals surface area contributed by atoms with Crippen molar-refractivity contribution < 1.29 is 4.74 Å². The summed E-state index contributed by atoms with van der Waals surface area (Å²) in [6.45, 7) is 0.659. The zero-order valence-corrected chi connectivity index (χ0v) is 11.8. The van der Waals surface area contributed by atoms with E-state index in [1.807, 2.05) is 24.3 Å². The average molecular weight is 284 g/mol. The maximum atomic E-state index is 5.99. The second kappa shape index (κ2) is 6.11. The minimum Gasteiger partial charge on any atom is -0.493 e. The molecule has 3 rings (SSSR count). The van der Waals surface area contributed by atoms with Crippen LogP contribution < -0.4 is 21.7 Å². The standard InChI is InChI=1S/C16H20N4O/c17-14-5-6-19-9-12(14)8-15(20-18)13-7-11-3-1-2-4-16(11)21-10-13/h1-6,9,13,15,20H,7-8,10,18H2,(H2,17,19). The minimum absolute atomic E-state index is 0.102. The molecule has 0 saturated heterocycles. The number of benzene rings is 1. The Balaban J connectivity index is 1.74. The van der Waals surface area contributed by atoms with E-state index in [2.05, 4.69) is 16.5 Å². The summed E-state index contributed by atoms with van der Waals surface area (Å²) >= 11 is 0. The first-order chi connectivity index (χ1) is 10.3. The van der Waals surface area contributed by atoms with Gasteiger partial charge in [-0.2, -0.15) is 0 Å². The fourth-order valence-corrected chi connectivity index (χ4v) is 2.82. The third kappa shape index (κ3) is 2.99. The molecular formula is C16H20N4O. The minimum atomic E-state index is 0.102. The molecule has 0 spiro atoms. The van der Waals surface area contributed by atoms with E-state index in [9.17, 15) is 0 Å². The number of nitrogens with one attached hydrogen (secondary N) is 1. The SMILES string of the molecule is NNC(Cc1cnccc1N)C1COc2ccccc2C1. The lowest BCUT2D eigenvalue weighted by molar-refractivity contribution is 0.183. The van der Waals surface area contributed by atoms with E-state index in [-0.39, 0.29) is 6.04 Å². The summed E-state index contributed by atoms with van der Waals surface area (Å²) < 4.78 is 5.84. The maximum Gasteiger partial charge on any atom is 0.122 e. The highest BCUT2D eigenvalue weighted by Gasteiger charge is 2.27. The Bertz CT molecular complexity index is 617. The molecule has 1 aliphatic heterocycles. The molecule has 1 aromatic carbocycles. The lowest BCUT2D eigenvalue weighted by atomic mass is 9.87. The number of hydrogen-bond donors (Lipinski definition) is 3. The smallest absolute Gasteiger partial charge is 0.122 e. The summed E-state index contributed by atoms with van der Waals surface area (Å²) in [5, 5.41) is 0. The van der Waals surface area contributed by atoms with Crippen LogP contribution >= 0.6 is 0 Å². The van der Waals surface area contributed by atoms with Crippen molar-refractivity contribution in [2.24, 2.45) is 11.8 Å². The molecule has 0 fully saturated rings. The van der Waals surface area contributed by atoms with Crippen LogP contribution in [0.1, 0.15) is 11.1 Å². The lowest BCUT2D eigenvalue weighted by Crippen LogP contribution is -2.46. The number of rotatable bonds is 4. The van der Waals surface area contributed by atoms with Gasteiger partial charge in [0.25, 0.3) is 0 Å². The van der Waals surface area contributed by atoms with Gasteiger partial charge in [0.05, 0.1) is 6.61 Å². The molecule has 1 aliphatic rings. The number of para-hydroxylation sites is 1. The monoisotopic (exact) mass is 284 g/mol. The van der Waals surface area contributed by atoms with Crippen LogP contribution in [-0.4, -0.2) is 17.6 Å². The Morgan fingerprint density at radius 2 is 2.19 bits per heavy atom. The summed E-state index contributed by atoms with van der Waals surface area (Å²) in [6, 6.07) is 10.1. The van der Waals surface area contributed by atoms with Gasteiger partial charge >= 0.3 is 0 Å². The number of pyridine rings is 1. The van der Waals surface area contributed by atoms with Crippen molar-refractivity contribution in [2.45, 2.75) is 18.9 Å². The quantitative estimate of drug-likeness (QED) is 0.582. The number of nitrogens with zero attached hydrogens (tertiary/aromatic N) is 1. The zero-order valence-electron chi connectivity index (χ0n) is 11.8. The van der Waals surface area contributed by atoms with E-state index in [4.69, 9.17) is 16.3 Å². The number of fused-ring (bicyclic) bond motifs is 1. The number of hydrazine groups is 1. The van der Waals surface area contributed by atoms with Crippen LogP contribution in [0, 0.1) is 5.92 Å². The molecule has 110 valence electrons. The van der Waals surface area contributed by atoms with E-state index in [1.54, 1.807) is 12.4 Å². The van der Waals surface area contributed by atoms with Crippen LogP contribution in [0.2, 0.25) is 0 Å². The zero-order chi connectivity index (χ0) is 14.7. The first-order valence-corrected chi connectivity index (χ1v) is 7.13. The number of ether oxygens (including phenoxy) is 1. The molecule has 5 nitrogen and oxygen atoms in total. The predicted molar refractivity (Wildman–Crippen MR) is 82.6 cm³/mol. The van der Waals surface area contributed by atoms with Gasteiger partial charge in [-0.1, -0.05) is 18.2 Å².